The molecule has 5 saturated carbocycles. The van der Waals surface area contributed by atoms with E-state index in [1.54, 1.807) is 6.92 Å². The summed E-state index contributed by atoms with van der Waals surface area (Å²) in [5.41, 5.74) is 0.209. The van der Waals surface area contributed by atoms with Gasteiger partial charge in [0.2, 0.25) is 5.91 Å². The van der Waals surface area contributed by atoms with Gasteiger partial charge in [0, 0.05) is 17.7 Å². The van der Waals surface area contributed by atoms with Crippen molar-refractivity contribution >= 4 is 16.9 Å². The highest BCUT2D eigenvalue weighted by molar-refractivity contribution is 5.85. The first-order valence-corrected chi connectivity index (χ1v) is 11.5. The second kappa shape index (κ2) is 6.69. The van der Waals surface area contributed by atoms with Crippen molar-refractivity contribution < 1.29 is 18.0 Å². The zero-order valence-corrected chi connectivity index (χ0v) is 17.6. The average molecular weight is 432 g/mol. The molecule has 0 saturated heterocycles. The third-order valence-electron chi connectivity index (χ3n) is 8.05. The average Bonchev–Trinajstić information content (AvgIpc) is 3.49. The molecule has 0 spiro atoms. The minimum atomic E-state index is -4.48. The van der Waals surface area contributed by atoms with Crippen molar-refractivity contribution in [3.63, 3.8) is 0 Å². The first kappa shape index (κ1) is 19.6. The summed E-state index contributed by atoms with van der Waals surface area (Å²) in [6.07, 6.45) is 3.37. The second-order valence-corrected chi connectivity index (χ2v) is 10.3. The summed E-state index contributed by atoms with van der Waals surface area (Å²) < 4.78 is 42.7. The van der Waals surface area contributed by atoms with E-state index in [1.165, 1.54) is 42.9 Å². The molecule has 31 heavy (non-hydrogen) atoms. The van der Waals surface area contributed by atoms with Crippen molar-refractivity contribution in [3.05, 3.63) is 23.0 Å². The number of nitrogens with zero attached hydrogens (tertiary/aromatic N) is 3. The summed E-state index contributed by atoms with van der Waals surface area (Å²) in [6.45, 7) is 1.47. The first-order chi connectivity index (χ1) is 14.8. The molecule has 7 rings (SSSR count). The van der Waals surface area contributed by atoms with Gasteiger partial charge in [-0.05, 0) is 81.6 Å². The van der Waals surface area contributed by atoms with Gasteiger partial charge >= 0.3 is 6.18 Å². The summed E-state index contributed by atoms with van der Waals surface area (Å²) in [4.78, 5) is 17.5. The lowest BCUT2D eigenvalue weighted by Crippen LogP contribution is -2.56. The highest BCUT2D eigenvalue weighted by Gasteiger charge is 2.48. The van der Waals surface area contributed by atoms with Crippen LogP contribution in [0.2, 0.25) is 0 Å². The van der Waals surface area contributed by atoms with E-state index in [9.17, 15) is 18.0 Å². The number of fused-ring (bicyclic) bond motifs is 1. The van der Waals surface area contributed by atoms with Crippen LogP contribution in [0.3, 0.4) is 0 Å². The van der Waals surface area contributed by atoms with E-state index in [-0.39, 0.29) is 41.1 Å². The Hall–Kier alpha value is -2.12. The van der Waals surface area contributed by atoms with Crippen LogP contribution in [-0.2, 0) is 17.5 Å². The lowest BCUT2D eigenvalue weighted by atomic mass is 9.54. The Morgan fingerprint density at radius 2 is 1.77 bits per heavy atom. The molecule has 0 radical (unpaired) electrons. The first-order valence-electron chi connectivity index (χ1n) is 11.5. The summed E-state index contributed by atoms with van der Waals surface area (Å²) in [7, 11) is 0. The largest absolute Gasteiger partial charge is 0.417 e. The Labute approximate surface area is 178 Å². The van der Waals surface area contributed by atoms with E-state index in [4.69, 9.17) is 0 Å². The number of halogens is 3. The van der Waals surface area contributed by atoms with Crippen LogP contribution in [0, 0.1) is 30.6 Å². The number of aromatic nitrogens is 3. The number of carbonyl (C=O) groups excluding carboxylic acids is 1. The number of rotatable bonds is 4. The van der Waals surface area contributed by atoms with Gasteiger partial charge in [0.05, 0.1) is 16.6 Å². The van der Waals surface area contributed by atoms with Gasteiger partial charge in [-0.2, -0.15) is 18.3 Å². The minimum Gasteiger partial charge on any atom is -0.351 e. The molecule has 4 bridgehead atoms. The number of aryl methyl sites for hydroxylation is 1. The van der Waals surface area contributed by atoms with Crippen LogP contribution in [0.1, 0.15) is 67.8 Å². The fourth-order valence-corrected chi connectivity index (χ4v) is 6.82. The third-order valence-corrected chi connectivity index (χ3v) is 8.05. The molecule has 166 valence electrons. The molecule has 0 aromatic carbocycles. The maximum absolute atomic E-state index is 13.8. The van der Waals surface area contributed by atoms with Gasteiger partial charge in [-0.15, -0.1) is 0 Å². The predicted octanol–water partition coefficient (Wildman–Crippen LogP) is 4.58. The molecule has 0 atom stereocenters. The molecule has 0 unspecified atom stereocenters. The van der Waals surface area contributed by atoms with E-state index in [0.717, 1.165) is 24.7 Å². The minimum absolute atomic E-state index is 0.0133. The van der Waals surface area contributed by atoms with Gasteiger partial charge in [0.15, 0.2) is 5.65 Å². The Balaban J connectivity index is 1.28. The van der Waals surface area contributed by atoms with E-state index < -0.39 is 11.7 Å². The van der Waals surface area contributed by atoms with Crippen LogP contribution in [-0.4, -0.2) is 26.7 Å². The molecule has 5 aliphatic carbocycles. The fourth-order valence-electron chi connectivity index (χ4n) is 6.82. The van der Waals surface area contributed by atoms with Crippen LogP contribution >= 0.6 is 0 Å². The molecular weight excluding hydrogens is 405 g/mol. The van der Waals surface area contributed by atoms with Crippen LogP contribution in [0.25, 0.3) is 11.0 Å². The topological polar surface area (TPSA) is 59.8 Å². The second-order valence-electron chi connectivity index (χ2n) is 10.3. The van der Waals surface area contributed by atoms with Gasteiger partial charge in [-0.1, -0.05) is 0 Å². The summed E-state index contributed by atoms with van der Waals surface area (Å²) >= 11 is 0. The highest BCUT2D eigenvalue weighted by Crippen LogP contribution is 2.53. The number of amides is 1. The fraction of sp³-hybridized carbons (Fsp3) is 0.696. The Morgan fingerprint density at radius 3 is 2.35 bits per heavy atom. The lowest BCUT2D eigenvalue weighted by molar-refractivity contribution is -0.136. The molecule has 5 fully saturated rings. The van der Waals surface area contributed by atoms with Crippen molar-refractivity contribution in [3.8, 4) is 0 Å². The van der Waals surface area contributed by atoms with Crippen molar-refractivity contribution in [2.75, 3.05) is 0 Å². The highest BCUT2D eigenvalue weighted by atomic mass is 19.4. The van der Waals surface area contributed by atoms with Crippen molar-refractivity contribution in [1.29, 1.82) is 0 Å². The molecule has 2 aromatic rings. The van der Waals surface area contributed by atoms with Crippen molar-refractivity contribution in [2.24, 2.45) is 23.7 Å². The molecule has 5 aliphatic rings. The Kier molecular flexibility index (Phi) is 4.22. The molecular formula is C23H27F3N4O. The van der Waals surface area contributed by atoms with E-state index in [2.05, 4.69) is 15.4 Å². The monoisotopic (exact) mass is 432 g/mol. The SMILES string of the molecule is Cc1nn(CC(=O)NC2C3CC4CC(C3)CC2C4)c2nc(C3CC3)cc(C(F)(F)F)c12. The third kappa shape index (κ3) is 3.33. The lowest BCUT2D eigenvalue weighted by Gasteiger charge is -2.54. The van der Waals surface area contributed by atoms with Crippen molar-refractivity contribution in [2.45, 2.75) is 76.6 Å². The van der Waals surface area contributed by atoms with Crippen LogP contribution in [0.5, 0.6) is 0 Å². The molecule has 1 N–H and O–H groups in total. The van der Waals surface area contributed by atoms with Gasteiger partial charge in [0.25, 0.3) is 0 Å². The quantitative estimate of drug-likeness (QED) is 0.770. The van der Waals surface area contributed by atoms with Crippen LogP contribution in [0.4, 0.5) is 13.2 Å². The van der Waals surface area contributed by atoms with Crippen LogP contribution < -0.4 is 5.32 Å². The molecule has 5 nitrogen and oxygen atoms in total. The smallest absolute Gasteiger partial charge is 0.351 e. The van der Waals surface area contributed by atoms with Gasteiger partial charge in [-0.3, -0.25) is 4.79 Å². The summed E-state index contributed by atoms with van der Waals surface area (Å²) in [6, 6.07) is 1.37. The Morgan fingerprint density at radius 1 is 1.13 bits per heavy atom. The van der Waals surface area contributed by atoms with Gasteiger partial charge < -0.3 is 5.32 Å². The van der Waals surface area contributed by atoms with E-state index in [0.29, 0.717) is 17.5 Å². The molecule has 2 heterocycles. The zero-order chi connectivity index (χ0) is 21.5. The number of carbonyl (C=O) groups is 1. The number of alkyl halides is 3. The maximum atomic E-state index is 13.8. The number of hydrogen-bond acceptors (Lipinski definition) is 3. The number of nitrogens with one attached hydrogen (secondary N) is 1. The van der Waals surface area contributed by atoms with E-state index >= 15 is 0 Å². The normalized spacial score (nSPS) is 32.1. The molecule has 2 aromatic heterocycles. The number of hydrogen-bond donors (Lipinski definition) is 1. The zero-order valence-electron chi connectivity index (χ0n) is 17.6. The van der Waals surface area contributed by atoms with Crippen LogP contribution in [0.15, 0.2) is 6.07 Å². The van der Waals surface area contributed by atoms with Gasteiger partial charge in [0.1, 0.15) is 6.54 Å². The summed E-state index contributed by atoms with van der Waals surface area (Å²) in [5, 5.41) is 7.55. The predicted molar refractivity (Wildman–Crippen MR) is 108 cm³/mol. The maximum Gasteiger partial charge on any atom is 0.417 e. The number of pyridine rings is 1. The van der Waals surface area contributed by atoms with Crippen molar-refractivity contribution in [1.82, 2.24) is 20.1 Å². The Bertz CT molecular complexity index is 1030. The van der Waals surface area contributed by atoms with Gasteiger partial charge in [-0.25, -0.2) is 9.67 Å². The standard InChI is InChI=1S/C23H27F3N4O/c1-11-20-17(23(24,25)26)9-18(14-2-3-14)27-22(20)30(29-11)10-19(31)28-21-15-5-12-4-13(7-15)8-16(21)6-12/h9,12-16,21H,2-8,10H2,1H3,(H,28,31). The molecule has 1 amide bonds. The van der Waals surface area contributed by atoms with E-state index in [1.807, 2.05) is 0 Å². The summed E-state index contributed by atoms with van der Waals surface area (Å²) in [5.74, 6) is 2.64. The molecule has 8 heteroatoms. The molecule has 0 aliphatic heterocycles.